The minimum absolute atomic E-state index is 0.0266. The van der Waals surface area contributed by atoms with E-state index < -0.39 is 11.9 Å². The van der Waals surface area contributed by atoms with Crippen LogP contribution in [-0.4, -0.2) is 59.7 Å². The van der Waals surface area contributed by atoms with Gasteiger partial charge in [-0.1, -0.05) is 12.1 Å². The molecule has 160 valence electrons. The van der Waals surface area contributed by atoms with Gasteiger partial charge in [0.2, 0.25) is 0 Å². The number of pyridine rings is 1. The van der Waals surface area contributed by atoms with Crippen molar-refractivity contribution in [3.8, 4) is 0 Å². The lowest BCUT2D eigenvalue weighted by Crippen LogP contribution is -2.33. The molecular weight excluding hydrogens is 385 g/mol. The molecule has 30 heavy (non-hydrogen) atoms. The standard InChI is InChI=1S/C22H28FN5O2/c1-15-9-20(27-26-15)14-28(2)22(30)17-5-3-16(4-6-17)7-8-24-13-21(29)18-10-19(23)12-25-11-18/h3-6,10-12,15,20-21,24,29H,7-9,13-14H2,1-2H3. The number of nitrogens with one attached hydrogen (secondary N) is 1. The molecule has 0 radical (unpaired) electrons. The molecule has 1 aliphatic rings. The van der Waals surface area contributed by atoms with Gasteiger partial charge in [0.15, 0.2) is 0 Å². The molecule has 0 bridgehead atoms. The van der Waals surface area contributed by atoms with Crippen molar-refractivity contribution < 1.29 is 14.3 Å². The second kappa shape index (κ2) is 10.4. The van der Waals surface area contributed by atoms with Crippen LogP contribution in [0.5, 0.6) is 0 Å². The highest BCUT2D eigenvalue weighted by atomic mass is 19.1. The van der Waals surface area contributed by atoms with Crippen molar-refractivity contribution in [2.45, 2.75) is 38.0 Å². The maximum Gasteiger partial charge on any atom is 0.253 e. The van der Waals surface area contributed by atoms with E-state index in [2.05, 4.69) is 20.5 Å². The van der Waals surface area contributed by atoms with Crippen LogP contribution >= 0.6 is 0 Å². The van der Waals surface area contributed by atoms with Crippen molar-refractivity contribution in [2.24, 2.45) is 10.2 Å². The molecule has 3 atom stereocenters. The molecule has 8 heteroatoms. The van der Waals surface area contributed by atoms with Crippen LogP contribution in [-0.2, 0) is 6.42 Å². The Hall–Kier alpha value is -2.71. The maximum atomic E-state index is 13.2. The molecular formula is C22H28FN5O2. The fourth-order valence-electron chi connectivity index (χ4n) is 3.44. The lowest BCUT2D eigenvalue weighted by atomic mass is 10.1. The van der Waals surface area contributed by atoms with Crippen molar-refractivity contribution in [1.82, 2.24) is 15.2 Å². The number of aliphatic hydroxyl groups is 1. The van der Waals surface area contributed by atoms with Crippen LogP contribution in [0.1, 0.15) is 40.9 Å². The molecule has 0 saturated heterocycles. The van der Waals surface area contributed by atoms with Crippen LogP contribution in [0, 0.1) is 5.82 Å². The Morgan fingerprint density at radius 3 is 2.73 bits per heavy atom. The van der Waals surface area contributed by atoms with Crippen molar-refractivity contribution in [1.29, 1.82) is 0 Å². The van der Waals surface area contributed by atoms with E-state index in [1.54, 1.807) is 11.9 Å². The molecule has 0 fully saturated rings. The van der Waals surface area contributed by atoms with Crippen molar-refractivity contribution in [2.75, 3.05) is 26.7 Å². The summed E-state index contributed by atoms with van der Waals surface area (Å²) in [6.45, 7) is 3.56. The van der Waals surface area contributed by atoms with Crippen LogP contribution in [0.2, 0.25) is 0 Å². The Morgan fingerprint density at radius 1 is 1.30 bits per heavy atom. The number of carbonyl (C=O) groups excluding carboxylic acids is 1. The van der Waals surface area contributed by atoms with Gasteiger partial charge in [0.05, 0.1) is 24.4 Å². The second-order valence-electron chi connectivity index (χ2n) is 7.76. The molecule has 3 unspecified atom stereocenters. The van der Waals surface area contributed by atoms with Gasteiger partial charge in [-0.3, -0.25) is 9.78 Å². The number of halogens is 1. The Kier molecular flexibility index (Phi) is 7.59. The number of benzene rings is 1. The molecule has 0 saturated carbocycles. The zero-order valence-electron chi connectivity index (χ0n) is 17.3. The average Bonchev–Trinajstić information content (AvgIpc) is 3.15. The Labute approximate surface area is 176 Å². The third-order valence-corrected chi connectivity index (χ3v) is 5.11. The summed E-state index contributed by atoms with van der Waals surface area (Å²) in [6, 6.07) is 9.14. The van der Waals surface area contributed by atoms with Crippen molar-refractivity contribution in [3.05, 3.63) is 65.2 Å². The number of aliphatic hydroxyl groups excluding tert-OH is 1. The number of likely N-dealkylation sites (N-methyl/N-ethyl adjacent to an activating group) is 1. The van der Waals surface area contributed by atoms with E-state index in [1.807, 2.05) is 31.2 Å². The molecule has 1 aliphatic heterocycles. The first-order valence-electron chi connectivity index (χ1n) is 10.2. The summed E-state index contributed by atoms with van der Waals surface area (Å²) >= 11 is 0. The van der Waals surface area contributed by atoms with E-state index in [-0.39, 0.29) is 18.0 Å². The van der Waals surface area contributed by atoms with Gasteiger partial charge in [0.25, 0.3) is 5.91 Å². The van der Waals surface area contributed by atoms with Gasteiger partial charge < -0.3 is 15.3 Å². The van der Waals surface area contributed by atoms with E-state index in [0.717, 1.165) is 24.6 Å². The topological polar surface area (TPSA) is 90.2 Å². The maximum absolute atomic E-state index is 13.2. The lowest BCUT2D eigenvalue weighted by molar-refractivity contribution is 0.0787. The summed E-state index contributed by atoms with van der Waals surface area (Å²) in [6.07, 6.45) is 3.38. The summed E-state index contributed by atoms with van der Waals surface area (Å²) in [5.74, 6) is -0.490. The SMILES string of the molecule is CC1CC(CN(C)C(=O)c2ccc(CCNCC(O)c3cncc(F)c3)cc2)N=N1. The summed E-state index contributed by atoms with van der Waals surface area (Å²) in [7, 11) is 1.79. The van der Waals surface area contributed by atoms with Crippen LogP contribution in [0.15, 0.2) is 53.0 Å². The van der Waals surface area contributed by atoms with Crippen LogP contribution in [0.3, 0.4) is 0 Å². The molecule has 2 aromatic rings. The summed E-state index contributed by atoms with van der Waals surface area (Å²) < 4.78 is 13.2. The Balaban J connectivity index is 1.41. The number of hydrogen-bond acceptors (Lipinski definition) is 6. The number of carbonyl (C=O) groups is 1. The number of nitrogens with zero attached hydrogens (tertiary/aromatic N) is 4. The minimum atomic E-state index is -0.814. The largest absolute Gasteiger partial charge is 0.387 e. The van der Waals surface area contributed by atoms with Crippen molar-refractivity contribution in [3.63, 3.8) is 0 Å². The van der Waals surface area contributed by atoms with E-state index in [9.17, 15) is 14.3 Å². The third-order valence-electron chi connectivity index (χ3n) is 5.11. The Morgan fingerprint density at radius 2 is 2.07 bits per heavy atom. The van der Waals surface area contributed by atoms with E-state index in [0.29, 0.717) is 30.8 Å². The van der Waals surface area contributed by atoms with Crippen LogP contribution in [0.25, 0.3) is 0 Å². The highest BCUT2D eigenvalue weighted by Crippen LogP contribution is 2.17. The quantitative estimate of drug-likeness (QED) is 0.619. The first kappa shape index (κ1) is 22.0. The number of aromatic nitrogens is 1. The normalized spacial score (nSPS) is 19.1. The molecule has 1 amide bonds. The molecule has 1 aromatic heterocycles. The van der Waals surface area contributed by atoms with Gasteiger partial charge in [-0.05, 0) is 50.1 Å². The second-order valence-corrected chi connectivity index (χ2v) is 7.76. The summed E-state index contributed by atoms with van der Waals surface area (Å²) in [5, 5.41) is 21.6. The summed E-state index contributed by atoms with van der Waals surface area (Å²) in [4.78, 5) is 18.0. The predicted octanol–water partition coefficient (Wildman–Crippen LogP) is 2.77. The minimum Gasteiger partial charge on any atom is -0.387 e. The van der Waals surface area contributed by atoms with Crippen molar-refractivity contribution >= 4 is 5.91 Å². The fraction of sp³-hybridized carbons (Fsp3) is 0.455. The molecule has 3 rings (SSSR count). The first-order chi connectivity index (χ1) is 14.4. The third kappa shape index (κ3) is 6.14. The lowest BCUT2D eigenvalue weighted by Gasteiger charge is -2.19. The van der Waals surface area contributed by atoms with Gasteiger partial charge in [-0.15, -0.1) is 0 Å². The van der Waals surface area contributed by atoms with Gasteiger partial charge in [0, 0.05) is 37.5 Å². The highest BCUT2D eigenvalue weighted by Gasteiger charge is 2.22. The molecule has 0 spiro atoms. The van der Waals surface area contributed by atoms with Crippen LogP contribution in [0.4, 0.5) is 4.39 Å². The van der Waals surface area contributed by atoms with Gasteiger partial charge in [0.1, 0.15) is 5.82 Å². The number of amides is 1. The van der Waals surface area contributed by atoms with Crippen LogP contribution < -0.4 is 5.32 Å². The Bertz CT molecular complexity index is 874. The van der Waals surface area contributed by atoms with Gasteiger partial charge >= 0.3 is 0 Å². The number of rotatable bonds is 9. The first-order valence-corrected chi connectivity index (χ1v) is 10.2. The molecule has 0 aliphatic carbocycles. The molecule has 1 aromatic carbocycles. The summed E-state index contributed by atoms with van der Waals surface area (Å²) in [5.41, 5.74) is 2.18. The number of hydrogen-bond donors (Lipinski definition) is 2. The zero-order valence-corrected chi connectivity index (χ0v) is 17.3. The molecule has 2 heterocycles. The average molecular weight is 413 g/mol. The van der Waals surface area contributed by atoms with Gasteiger partial charge in [-0.25, -0.2) is 4.39 Å². The van der Waals surface area contributed by atoms with Gasteiger partial charge in [-0.2, -0.15) is 10.2 Å². The predicted molar refractivity (Wildman–Crippen MR) is 112 cm³/mol. The zero-order chi connectivity index (χ0) is 21.5. The van der Waals surface area contributed by atoms with E-state index in [4.69, 9.17) is 0 Å². The van der Waals surface area contributed by atoms with E-state index >= 15 is 0 Å². The number of azo groups is 1. The molecule has 2 N–H and O–H groups in total. The highest BCUT2D eigenvalue weighted by molar-refractivity contribution is 5.94. The monoisotopic (exact) mass is 413 g/mol. The van der Waals surface area contributed by atoms with E-state index in [1.165, 1.54) is 12.3 Å². The molecule has 7 nitrogen and oxygen atoms in total. The smallest absolute Gasteiger partial charge is 0.253 e. The fourth-order valence-corrected chi connectivity index (χ4v) is 3.44.